The third kappa shape index (κ3) is 22.4. The van der Waals surface area contributed by atoms with E-state index in [1.807, 2.05) is 70.6 Å². The Hall–Kier alpha value is -6.27. The Kier molecular flexibility index (Phi) is 29.7. The number of hydrogen-bond donors (Lipinski definition) is 11. The van der Waals surface area contributed by atoms with Crippen LogP contribution in [0.1, 0.15) is 154 Å². The van der Waals surface area contributed by atoms with Crippen LogP contribution < -0.4 is 26.6 Å². The van der Waals surface area contributed by atoms with E-state index in [-0.39, 0.29) is 82.4 Å². The molecular formula is C73H114N8O18. The predicted molar refractivity (Wildman–Crippen MR) is 369 cm³/mol. The molecule has 0 radical (unpaired) electrons. The van der Waals surface area contributed by atoms with Gasteiger partial charge in [-0.15, -0.1) is 0 Å². The molecule has 20 unspecified atom stereocenters. The van der Waals surface area contributed by atoms with Gasteiger partial charge in [0.2, 0.25) is 35.3 Å². The lowest BCUT2D eigenvalue weighted by Gasteiger charge is -2.48. The number of aliphatic hydroxyl groups excluding tert-OH is 3. The van der Waals surface area contributed by atoms with Crippen LogP contribution >= 0.6 is 0 Å². The Morgan fingerprint density at radius 3 is 2.04 bits per heavy atom. The minimum atomic E-state index is -2.05. The molecule has 5 amide bonds. The Bertz CT molecular complexity index is 3140. The molecule has 0 spiro atoms. The number of carbonyl (C=O) groups is 7. The van der Waals surface area contributed by atoms with Crippen LogP contribution in [0.15, 0.2) is 66.7 Å². The van der Waals surface area contributed by atoms with Crippen molar-refractivity contribution in [3.05, 3.63) is 94.8 Å². The molecule has 99 heavy (non-hydrogen) atoms. The van der Waals surface area contributed by atoms with E-state index in [2.05, 4.69) is 26.6 Å². The van der Waals surface area contributed by atoms with E-state index in [1.54, 1.807) is 108 Å². The second-order valence-electron chi connectivity index (χ2n) is 29.4. The number of amides is 5. The number of esters is 1. The molecule has 0 saturated carbocycles. The maximum absolute atomic E-state index is 14.7. The van der Waals surface area contributed by atoms with Crippen molar-refractivity contribution in [2.24, 2.45) is 30.7 Å². The number of benzene rings is 2. The van der Waals surface area contributed by atoms with Crippen LogP contribution in [0.2, 0.25) is 0 Å². The molecule has 2 aromatic carbocycles. The summed E-state index contributed by atoms with van der Waals surface area (Å²) >= 11 is 0. The molecule has 3 fully saturated rings. The first-order chi connectivity index (χ1) is 46.3. The summed E-state index contributed by atoms with van der Waals surface area (Å²) in [6.07, 6.45) is -10.6. The van der Waals surface area contributed by atoms with Gasteiger partial charge < -0.3 is 90.4 Å². The Balaban J connectivity index is 1.13. The molecule has 26 nitrogen and oxygen atoms in total. The molecule has 554 valence electrons. The van der Waals surface area contributed by atoms with Gasteiger partial charge in [-0.2, -0.15) is 0 Å². The van der Waals surface area contributed by atoms with Gasteiger partial charge in [-0.05, 0) is 131 Å². The summed E-state index contributed by atoms with van der Waals surface area (Å²) in [6.45, 7) is 21.7. The fourth-order valence-corrected chi connectivity index (χ4v) is 14.1. The van der Waals surface area contributed by atoms with Gasteiger partial charge in [-0.25, -0.2) is 0 Å². The van der Waals surface area contributed by atoms with Gasteiger partial charge in [0, 0.05) is 68.8 Å². The van der Waals surface area contributed by atoms with E-state index < -0.39 is 163 Å². The van der Waals surface area contributed by atoms with E-state index in [1.165, 1.54) is 13.8 Å². The lowest BCUT2D eigenvalue weighted by atomic mass is 9.77. The van der Waals surface area contributed by atoms with Crippen LogP contribution in [0.4, 0.5) is 0 Å². The second kappa shape index (κ2) is 36.0. The number of rotatable bonds is 26. The Morgan fingerprint density at radius 2 is 1.41 bits per heavy atom. The van der Waals surface area contributed by atoms with Crippen LogP contribution in [-0.4, -0.2) is 235 Å². The van der Waals surface area contributed by atoms with Gasteiger partial charge in [-0.1, -0.05) is 94.8 Å². The van der Waals surface area contributed by atoms with Crippen molar-refractivity contribution >= 4 is 41.3 Å². The van der Waals surface area contributed by atoms with Gasteiger partial charge in [0.05, 0.1) is 66.7 Å². The first-order valence-corrected chi connectivity index (χ1v) is 35.0. The third-order valence-electron chi connectivity index (χ3n) is 19.8. The summed E-state index contributed by atoms with van der Waals surface area (Å²) < 4.78 is 33.7. The summed E-state index contributed by atoms with van der Waals surface area (Å²) in [4.78, 5) is 100. The fourth-order valence-electron chi connectivity index (χ4n) is 14.1. The zero-order valence-corrected chi connectivity index (χ0v) is 60.9. The van der Waals surface area contributed by atoms with Gasteiger partial charge in [0.1, 0.15) is 42.1 Å². The molecule has 1 aromatic heterocycles. The Morgan fingerprint density at radius 1 is 0.758 bits per heavy atom. The number of likely N-dealkylation sites (N-methyl/N-ethyl adjacent to an activating group) is 1. The van der Waals surface area contributed by atoms with E-state index in [0.717, 1.165) is 5.56 Å². The Labute approximate surface area is 583 Å². The highest BCUT2D eigenvalue weighted by molar-refractivity contribution is 6.08. The van der Waals surface area contributed by atoms with Gasteiger partial charge in [0.15, 0.2) is 12.6 Å². The summed E-state index contributed by atoms with van der Waals surface area (Å²) in [5.41, 5.74) is -2.34. The van der Waals surface area contributed by atoms with E-state index in [4.69, 9.17) is 23.7 Å². The van der Waals surface area contributed by atoms with Crippen molar-refractivity contribution in [1.82, 2.24) is 41.0 Å². The maximum Gasteiger partial charge on any atom is 0.311 e. The molecule has 26 heteroatoms. The molecule has 6 rings (SSSR count). The molecule has 3 saturated heterocycles. The minimum Gasteiger partial charge on any atom is -0.459 e. The second-order valence-corrected chi connectivity index (χ2v) is 29.4. The summed E-state index contributed by atoms with van der Waals surface area (Å²) in [6, 6.07) is 15.9. The van der Waals surface area contributed by atoms with Crippen molar-refractivity contribution < 1.29 is 87.9 Å². The topological polar surface area (TPSA) is 359 Å². The quantitative estimate of drug-likeness (QED) is 0.0313. The van der Waals surface area contributed by atoms with Crippen molar-refractivity contribution in [1.29, 1.82) is 0 Å². The normalized spacial score (nSPS) is 32.0. The average molecular weight is 1390 g/mol. The first kappa shape index (κ1) is 81.7. The molecule has 4 heterocycles. The molecule has 3 aliphatic heterocycles. The lowest BCUT2D eigenvalue weighted by Crippen LogP contribution is -2.60. The van der Waals surface area contributed by atoms with Gasteiger partial charge in [-0.3, -0.25) is 38.5 Å². The largest absolute Gasteiger partial charge is 0.459 e. The molecule has 0 aliphatic carbocycles. The zero-order chi connectivity index (χ0) is 73.6. The van der Waals surface area contributed by atoms with E-state index in [9.17, 15) is 64.2 Å². The van der Waals surface area contributed by atoms with Gasteiger partial charge >= 0.3 is 5.97 Å². The maximum atomic E-state index is 14.7. The smallest absolute Gasteiger partial charge is 0.311 e. The summed E-state index contributed by atoms with van der Waals surface area (Å²) in [7, 11) is 5.36. The highest BCUT2D eigenvalue weighted by Gasteiger charge is 2.53. The average Bonchev–Trinajstić information content (AvgIpc) is 1.14. The molecule has 3 aliphatic rings. The molecular weight excluding hydrogens is 1280 g/mol. The van der Waals surface area contributed by atoms with Gasteiger partial charge in [0.25, 0.3) is 0 Å². The third-order valence-corrected chi connectivity index (χ3v) is 19.8. The monoisotopic (exact) mass is 1390 g/mol. The summed E-state index contributed by atoms with van der Waals surface area (Å²) in [5.74, 6) is -6.71. The lowest BCUT2D eigenvalue weighted by molar-refractivity contribution is -0.316. The van der Waals surface area contributed by atoms with E-state index in [0.29, 0.717) is 28.9 Å². The standard InChI is InChI=1S/C73H114N8O18/c1-17-56-73(13,94)64(87)47(9)81(40-43(5)36-72(12,93)66(99-70-62(86)55(79(14)15)33-44(6)95-70)45(7)63(46(8)69(91)97-56)98-60-37-71(11,92)65(88)48(10)96-60)31-21-30-74-58(83)38-76-67(89)52(32-41(2)3)78-68(90)53(34-49-22-19-18-20-23-49)77-59(84)39-75-57(82)35-51-28-29-54(80(51)16)61(85)50-26-24-42(4)25-27-50/h18-20,22-29,41,43-48,52-53,55-56,60,62-66,70,86-88,92-94H,17,21,30-40H2,1-16H3,(H,74,83)(H,75,82)(H,76,89)(H,77,84)(H,78,90). The number of nitrogens with one attached hydrogen (secondary N) is 5. The van der Waals surface area contributed by atoms with Crippen molar-refractivity contribution in [3.63, 3.8) is 0 Å². The number of aliphatic hydroxyl groups is 6. The zero-order valence-electron chi connectivity index (χ0n) is 60.9. The number of carbonyl (C=O) groups excluding carboxylic acids is 7. The fraction of sp³-hybridized carbons (Fsp3) is 0.685. The first-order valence-electron chi connectivity index (χ1n) is 35.0. The van der Waals surface area contributed by atoms with Crippen LogP contribution in [0.25, 0.3) is 0 Å². The number of cyclic esters (lactones) is 1. The molecule has 0 bridgehead atoms. The number of aromatic nitrogens is 1. The predicted octanol–water partition coefficient (Wildman–Crippen LogP) is 2.73. The minimum absolute atomic E-state index is 0.0314. The molecule has 11 N–H and O–H groups in total. The number of aryl methyl sites for hydroxylation is 1. The van der Waals surface area contributed by atoms with Crippen molar-refractivity contribution in [2.45, 2.75) is 244 Å². The SMILES string of the molecule is CCC1OC(=O)C(C)C(OC2CC(C)(O)C(O)C(C)O2)C(C)C(OC2OC(C)CC(N(C)C)C2O)C(C)(O)CC(C)CN(CCCNC(=O)CNC(=O)C(CC(C)C)NC(=O)C(Cc2ccccc2)NC(=O)CNC(=O)Cc2ccc(C(=O)c3ccc(C)cc3)n2C)C(C)C(O)C1(C)O. The molecule has 20 atom stereocenters. The van der Waals surface area contributed by atoms with Crippen LogP contribution in [0, 0.1) is 30.6 Å². The number of ether oxygens (including phenoxy) is 5. The summed E-state index contributed by atoms with van der Waals surface area (Å²) in [5, 5.41) is 85.2. The highest BCUT2D eigenvalue weighted by atomic mass is 16.7. The van der Waals surface area contributed by atoms with E-state index >= 15 is 0 Å². The van der Waals surface area contributed by atoms with Crippen LogP contribution in [0.3, 0.4) is 0 Å². The number of ketones is 1. The van der Waals surface area contributed by atoms with Crippen molar-refractivity contribution in [2.75, 3.05) is 46.8 Å². The highest BCUT2D eigenvalue weighted by Crippen LogP contribution is 2.40. The van der Waals surface area contributed by atoms with Crippen molar-refractivity contribution in [3.8, 4) is 0 Å². The van der Waals surface area contributed by atoms with Crippen LogP contribution in [0.5, 0.6) is 0 Å². The number of hydrogen-bond acceptors (Lipinski definition) is 20. The van der Waals surface area contributed by atoms with Crippen LogP contribution in [-0.2, 0) is 72.3 Å². The number of nitrogens with zero attached hydrogens (tertiary/aromatic N) is 3. The molecule has 3 aromatic rings.